The summed E-state index contributed by atoms with van der Waals surface area (Å²) in [5.41, 5.74) is 1.44. The van der Waals surface area contributed by atoms with Gasteiger partial charge in [0, 0.05) is 23.8 Å². The van der Waals surface area contributed by atoms with Crippen molar-refractivity contribution in [2.45, 2.75) is 9.92 Å². The molecular formula is C20H13ClFN3O2S. The third-order valence-corrected chi connectivity index (χ3v) is 5.66. The van der Waals surface area contributed by atoms with Crippen LogP contribution in [0.25, 0.3) is 0 Å². The lowest BCUT2D eigenvalue weighted by Gasteiger charge is -2.18. The van der Waals surface area contributed by atoms with E-state index < -0.39 is 11.7 Å². The van der Waals surface area contributed by atoms with Gasteiger partial charge in [-0.1, -0.05) is 29.4 Å². The molecule has 0 bridgehead atoms. The first kappa shape index (κ1) is 18.5. The molecule has 3 aromatic rings. The number of fused-ring (bicyclic) bond motifs is 2. The number of nitrogens with zero attached hydrogens (tertiary/aromatic N) is 2. The van der Waals surface area contributed by atoms with Gasteiger partial charge in [0.1, 0.15) is 10.8 Å². The van der Waals surface area contributed by atoms with Crippen LogP contribution in [-0.4, -0.2) is 23.8 Å². The SMILES string of the molecule is CN1C(=O)c2cccnc2Sc2cc(NC(=O)c3c(F)cccc3Cl)ccc21. The van der Waals surface area contributed by atoms with E-state index in [0.717, 1.165) is 4.90 Å². The van der Waals surface area contributed by atoms with Crippen molar-refractivity contribution in [2.24, 2.45) is 0 Å². The number of anilines is 2. The Bertz CT molecular complexity index is 1100. The van der Waals surface area contributed by atoms with Crippen molar-refractivity contribution in [3.8, 4) is 0 Å². The zero-order valence-corrected chi connectivity index (χ0v) is 16.1. The van der Waals surface area contributed by atoms with Crippen LogP contribution in [0.1, 0.15) is 20.7 Å². The van der Waals surface area contributed by atoms with Crippen molar-refractivity contribution in [1.82, 2.24) is 4.98 Å². The molecule has 28 heavy (non-hydrogen) atoms. The minimum absolute atomic E-state index is 0.0325. The first-order valence-electron chi connectivity index (χ1n) is 8.26. The summed E-state index contributed by atoms with van der Waals surface area (Å²) in [6.07, 6.45) is 1.62. The van der Waals surface area contributed by atoms with Crippen LogP contribution in [0.5, 0.6) is 0 Å². The Morgan fingerprint density at radius 2 is 2.04 bits per heavy atom. The number of pyridine rings is 1. The van der Waals surface area contributed by atoms with Gasteiger partial charge in [-0.3, -0.25) is 9.59 Å². The van der Waals surface area contributed by atoms with E-state index in [1.165, 1.54) is 34.9 Å². The second-order valence-electron chi connectivity index (χ2n) is 6.06. The normalized spacial score (nSPS) is 12.8. The van der Waals surface area contributed by atoms with Gasteiger partial charge in [-0.2, -0.15) is 0 Å². The zero-order chi connectivity index (χ0) is 19.8. The molecule has 0 unspecified atom stereocenters. The third-order valence-electron chi connectivity index (χ3n) is 4.28. The molecule has 140 valence electrons. The van der Waals surface area contributed by atoms with E-state index in [0.29, 0.717) is 22.0 Å². The summed E-state index contributed by atoms with van der Waals surface area (Å²) in [4.78, 5) is 31.7. The number of aromatic nitrogens is 1. The van der Waals surface area contributed by atoms with Gasteiger partial charge >= 0.3 is 0 Å². The Morgan fingerprint density at radius 1 is 1.21 bits per heavy atom. The molecule has 2 heterocycles. The van der Waals surface area contributed by atoms with Gasteiger partial charge < -0.3 is 10.2 Å². The highest BCUT2D eigenvalue weighted by atomic mass is 35.5. The smallest absolute Gasteiger partial charge is 0.260 e. The molecule has 0 saturated heterocycles. The Balaban J connectivity index is 1.69. The number of benzene rings is 2. The largest absolute Gasteiger partial charge is 0.322 e. The Kier molecular flexibility index (Phi) is 4.78. The van der Waals surface area contributed by atoms with Gasteiger partial charge in [0.2, 0.25) is 0 Å². The molecule has 4 rings (SSSR count). The monoisotopic (exact) mass is 413 g/mol. The van der Waals surface area contributed by atoms with E-state index >= 15 is 0 Å². The molecule has 0 radical (unpaired) electrons. The van der Waals surface area contributed by atoms with Crippen LogP contribution in [0.3, 0.4) is 0 Å². The summed E-state index contributed by atoms with van der Waals surface area (Å²) in [7, 11) is 1.68. The number of hydrogen-bond donors (Lipinski definition) is 1. The van der Waals surface area contributed by atoms with Crippen molar-refractivity contribution >= 4 is 46.6 Å². The van der Waals surface area contributed by atoms with Crippen LogP contribution in [0, 0.1) is 5.82 Å². The maximum atomic E-state index is 14.0. The number of hydrogen-bond acceptors (Lipinski definition) is 4. The summed E-state index contributed by atoms with van der Waals surface area (Å²) < 4.78 is 14.0. The maximum absolute atomic E-state index is 14.0. The first-order chi connectivity index (χ1) is 13.5. The van der Waals surface area contributed by atoms with E-state index in [1.54, 1.807) is 43.6 Å². The standard InChI is InChI=1S/C20H13ClFN3O2S/c1-25-15-8-7-11(24-18(26)17-13(21)5-2-6-14(17)22)10-16(15)28-19-12(20(25)27)4-3-9-23-19/h2-10H,1H3,(H,24,26). The molecular weight excluding hydrogens is 401 g/mol. The fraction of sp³-hybridized carbons (Fsp3) is 0.0500. The number of halogens is 2. The first-order valence-corrected chi connectivity index (χ1v) is 9.45. The zero-order valence-electron chi connectivity index (χ0n) is 14.6. The molecule has 1 aliphatic rings. The molecule has 1 N–H and O–H groups in total. The van der Waals surface area contributed by atoms with Gasteiger partial charge in [0.25, 0.3) is 11.8 Å². The van der Waals surface area contributed by atoms with Crippen molar-refractivity contribution in [2.75, 3.05) is 17.3 Å². The maximum Gasteiger partial charge on any atom is 0.260 e. The summed E-state index contributed by atoms with van der Waals surface area (Å²) in [6.45, 7) is 0. The summed E-state index contributed by atoms with van der Waals surface area (Å²) in [5, 5.41) is 3.27. The van der Waals surface area contributed by atoms with Crippen molar-refractivity contribution in [3.05, 3.63) is 76.7 Å². The van der Waals surface area contributed by atoms with Gasteiger partial charge in [0.05, 0.1) is 21.8 Å². The molecule has 2 amide bonds. The lowest BCUT2D eigenvalue weighted by Crippen LogP contribution is -2.26. The highest BCUT2D eigenvalue weighted by Crippen LogP contribution is 2.41. The molecule has 0 fully saturated rings. The Labute approximate surface area is 169 Å². The number of carbonyl (C=O) groups excluding carboxylic acids is 2. The second-order valence-corrected chi connectivity index (χ2v) is 7.49. The summed E-state index contributed by atoms with van der Waals surface area (Å²) in [6, 6.07) is 12.6. The molecule has 0 atom stereocenters. The second kappa shape index (κ2) is 7.26. The molecule has 5 nitrogen and oxygen atoms in total. The van der Waals surface area contributed by atoms with E-state index in [-0.39, 0.29) is 16.5 Å². The van der Waals surface area contributed by atoms with E-state index in [9.17, 15) is 14.0 Å². The van der Waals surface area contributed by atoms with Crippen LogP contribution in [0.2, 0.25) is 5.02 Å². The fourth-order valence-electron chi connectivity index (χ4n) is 2.89. The quantitative estimate of drug-likeness (QED) is 0.651. The molecule has 0 saturated carbocycles. The number of carbonyl (C=O) groups is 2. The van der Waals surface area contributed by atoms with Crippen LogP contribution in [0.15, 0.2) is 64.6 Å². The van der Waals surface area contributed by atoms with Crippen molar-refractivity contribution in [3.63, 3.8) is 0 Å². The molecule has 2 aromatic carbocycles. The fourth-order valence-corrected chi connectivity index (χ4v) is 4.22. The lowest BCUT2D eigenvalue weighted by atomic mass is 10.2. The van der Waals surface area contributed by atoms with E-state index in [1.807, 2.05) is 0 Å². The predicted octanol–water partition coefficient (Wildman–Crippen LogP) is 4.87. The van der Waals surface area contributed by atoms with Crippen LogP contribution in [-0.2, 0) is 0 Å². The van der Waals surface area contributed by atoms with Gasteiger partial charge in [0.15, 0.2) is 0 Å². The highest BCUT2D eigenvalue weighted by Gasteiger charge is 2.26. The molecule has 0 spiro atoms. The molecule has 0 aliphatic carbocycles. The Hall–Kier alpha value is -2.90. The number of amides is 2. The minimum atomic E-state index is -0.697. The van der Waals surface area contributed by atoms with Gasteiger partial charge in [-0.05, 0) is 42.5 Å². The molecule has 8 heteroatoms. The van der Waals surface area contributed by atoms with E-state index in [2.05, 4.69) is 10.3 Å². The predicted molar refractivity (Wildman–Crippen MR) is 107 cm³/mol. The van der Waals surface area contributed by atoms with Gasteiger partial charge in [-0.25, -0.2) is 9.37 Å². The highest BCUT2D eigenvalue weighted by molar-refractivity contribution is 7.99. The molecule has 1 aromatic heterocycles. The minimum Gasteiger partial charge on any atom is -0.322 e. The lowest BCUT2D eigenvalue weighted by molar-refractivity contribution is 0.0987. The summed E-state index contributed by atoms with van der Waals surface area (Å²) in [5.74, 6) is -1.51. The van der Waals surface area contributed by atoms with Crippen molar-refractivity contribution in [1.29, 1.82) is 0 Å². The van der Waals surface area contributed by atoms with E-state index in [4.69, 9.17) is 11.6 Å². The Morgan fingerprint density at radius 3 is 2.82 bits per heavy atom. The summed E-state index contributed by atoms with van der Waals surface area (Å²) >= 11 is 7.29. The average molecular weight is 414 g/mol. The number of nitrogens with one attached hydrogen (secondary N) is 1. The van der Waals surface area contributed by atoms with Crippen LogP contribution >= 0.6 is 23.4 Å². The third kappa shape index (κ3) is 3.23. The van der Waals surface area contributed by atoms with Crippen LogP contribution < -0.4 is 10.2 Å². The van der Waals surface area contributed by atoms with Crippen molar-refractivity contribution < 1.29 is 14.0 Å². The molecule has 1 aliphatic heterocycles. The topological polar surface area (TPSA) is 62.3 Å². The number of rotatable bonds is 2. The van der Waals surface area contributed by atoms with Gasteiger partial charge in [-0.15, -0.1) is 0 Å². The average Bonchev–Trinajstić information content (AvgIpc) is 2.77. The van der Waals surface area contributed by atoms with Crippen LogP contribution in [0.4, 0.5) is 15.8 Å².